The maximum absolute atomic E-state index is 13.0. The number of para-hydroxylation sites is 1. The van der Waals surface area contributed by atoms with Gasteiger partial charge in [0.15, 0.2) is 0 Å². The minimum absolute atomic E-state index is 0.0338. The zero-order valence-electron chi connectivity index (χ0n) is 15.6. The average molecular weight is 358 g/mol. The van der Waals surface area contributed by atoms with Crippen molar-refractivity contribution in [2.45, 2.75) is 51.7 Å². The number of hydrogen-bond donors (Lipinski definition) is 1. The van der Waals surface area contributed by atoms with Gasteiger partial charge in [-0.1, -0.05) is 18.2 Å². The molecule has 0 spiro atoms. The molecule has 1 aliphatic carbocycles. The van der Waals surface area contributed by atoms with Crippen LogP contribution in [0.3, 0.4) is 0 Å². The topological polar surface area (TPSA) is 67.9 Å². The highest BCUT2D eigenvalue weighted by molar-refractivity contribution is 5.95. The lowest BCUT2D eigenvalue weighted by molar-refractivity contribution is -0.144. The number of rotatable bonds is 5. The average Bonchev–Trinajstić information content (AvgIpc) is 3.13. The Labute approximate surface area is 154 Å². The fourth-order valence-corrected chi connectivity index (χ4v) is 3.56. The highest BCUT2D eigenvalue weighted by atomic mass is 16.5. The summed E-state index contributed by atoms with van der Waals surface area (Å²) in [5, 5.41) is 2.92. The molecular formula is C20H26N2O4. The second-order valence-corrected chi connectivity index (χ2v) is 6.72. The van der Waals surface area contributed by atoms with Crippen molar-refractivity contribution in [1.29, 1.82) is 0 Å². The number of urea groups is 1. The molecule has 1 aromatic carbocycles. The zero-order valence-corrected chi connectivity index (χ0v) is 15.6. The lowest BCUT2D eigenvalue weighted by Gasteiger charge is -2.34. The lowest BCUT2D eigenvalue weighted by Crippen LogP contribution is -2.46. The molecule has 0 bridgehead atoms. The van der Waals surface area contributed by atoms with E-state index in [9.17, 15) is 9.59 Å². The normalized spacial score (nSPS) is 21.0. The summed E-state index contributed by atoms with van der Waals surface area (Å²) in [4.78, 5) is 26.8. The van der Waals surface area contributed by atoms with Crippen LogP contribution in [0, 0.1) is 0 Å². The Balaban J connectivity index is 1.98. The number of allylic oxidation sites excluding steroid dienone is 1. The van der Waals surface area contributed by atoms with E-state index >= 15 is 0 Å². The van der Waals surface area contributed by atoms with E-state index in [1.165, 1.54) is 4.90 Å². The number of nitrogens with zero attached hydrogens (tertiary/aromatic N) is 1. The molecule has 2 aliphatic rings. The minimum Gasteiger partial charge on any atom is -0.494 e. The van der Waals surface area contributed by atoms with Gasteiger partial charge < -0.3 is 19.7 Å². The standard InChI is InChI=1S/C20H26N2O4/c1-4-25-16-12-8-7-11-15(16)18-17(13(2)22(3)20(24)21-18)19(23)26-14-9-5-6-10-14/h7-8,11-12,14,18H,4-6,9-10H2,1-3H3,(H,21,24)/t18-/m1/s1. The van der Waals surface area contributed by atoms with E-state index in [1.54, 1.807) is 14.0 Å². The van der Waals surface area contributed by atoms with Crippen LogP contribution in [-0.2, 0) is 9.53 Å². The van der Waals surface area contributed by atoms with Gasteiger partial charge in [-0.2, -0.15) is 0 Å². The van der Waals surface area contributed by atoms with Crippen LogP contribution in [-0.4, -0.2) is 36.7 Å². The van der Waals surface area contributed by atoms with Crippen molar-refractivity contribution < 1.29 is 19.1 Å². The smallest absolute Gasteiger partial charge is 0.338 e. The number of amides is 2. The van der Waals surface area contributed by atoms with Gasteiger partial charge in [-0.15, -0.1) is 0 Å². The first-order valence-corrected chi connectivity index (χ1v) is 9.20. The molecule has 0 unspecified atom stereocenters. The Morgan fingerprint density at radius 1 is 1.27 bits per heavy atom. The first-order valence-electron chi connectivity index (χ1n) is 9.20. The van der Waals surface area contributed by atoms with Crippen molar-refractivity contribution in [1.82, 2.24) is 10.2 Å². The molecule has 6 nitrogen and oxygen atoms in total. The van der Waals surface area contributed by atoms with Crippen LogP contribution >= 0.6 is 0 Å². The van der Waals surface area contributed by atoms with E-state index in [0.29, 0.717) is 23.6 Å². The monoisotopic (exact) mass is 358 g/mol. The molecule has 1 fully saturated rings. The van der Waals surface area contributed by atoms with Gasteiger partial charge in [0.1, 0.15) is 11.9 Å². The first kappa shape index (κ1) is 18.3. The summed E-state index contributed by atoms with van der Waals surface area (Å²) >= 11 is 0. The predicted molar refractivity (Wildman–Crippen MR) is 97.7 cm³/mol. The molecule has 1 heterocycles. The number of carbonyl (C=O) groups is 2. The molecule has 6 heteroatoms. The zero-order chi connectivity index (χ0) is 18.7. The second kappa shape index (κ2) is 7.81. The van der Waals surface area contributed by atoms with E-state index in [2.05, 4.69) is 5.32 Å². The van der Waals surface area contributed by atoms with Gasteiger partial charge in [-0.3, -0.25) is 0 Å². The van der Waals surface area contributed by atoms with Crippen LogP contribution in [0.25, 0.3) is 0 Å². The number of carbonyl (C=O) groups excluding carboxylic acids is 2. The third kappa shape index (κ3) is 3.54. The fourth-order valence-electron chi connectivity index (χ4n) is 3.56. The number of ether oxygens (including phenoxy) is 2. The van der Waals surface area contributed by atoms with Crippen molar-refractivity contribution in [2.24, 2.45) is 0 Å². The molecule has 1 N–H and O–H groups in total. The van der Waals surface area contributed by atoms with Gasteiger partial charge in [0.05, 0.1) is 18.2 Å². The maximum atomic E-state index is 13.0. The molecule has 1 aromatic rings. The predicted octanol–water partition coefficient (Wildman–Crippen LogP) is 3.54. The van der Waals surface area contributed by atoms with Crippen LogP contribution in [0.4, 0.5) is 4.79 Å². The van der Waals surface area contributed by atoms with E-state index in [4.69, 9.17) is 9.47 Å². The molecule has 3 rings (SSSR count). The summed E-state index contributed by atoms with van der Waals surface area (Å²) in [6.07, 6.45) is 3.95. The summed E-state index contributed by atoms with van der Waals surface area (Å²) in [6.45, 7) is 4.18. The van der Waals surface area contributed by atoms with Crippen LogP contribution in [0.5, 0.6) is 5.75 Å². The second-order valence-electron chi connectivity index (χ2n) is 6.72. The van der Waals surface area contributed by atoms with E-state index in [0.717, 1.165) is 31.2 Å². The number of esters is 1. The molecule has 26 heavy (non-hydrogen) atoms. The summed E-state index contributed by atoms with van der Waals surface area (Å²) in [6, 6.07) is 6.62. The quantitative estimate of drug-likeness (QED) is 0.818. The molecular weight excluding hydrogens is 332 g/mol. The fraction of sp³-hybridized carbons (Fsp3) is 0.500. The third-order valence-electron chi connectivity index (χ3n) is 5.08. The van der Waals surface area contributed by atoms with Crippen molar-refractivity contribution in [3.05, 3.63) is 41.1 Å². The van der Waals surface area contributed by atoms with Gasteiger partial charge in [0, 0.05) is 18.3 Å². The van der Waals surface area contributed by atoms with E-state index in [-0.39, 0.29) is 18.1 Å². The van der Waals surface area contributed by atoms with Crippen molar-refractivity contribution in [3.8, 4) is 5.75 Å². The Morgan fingerprint density at radius 3 is 2.65 bits per heavy atom. The molecule has 0 aromatic heterocycles. The summed E-state index contributed by atoms with van der Waals surface area (Å²) in [7, 11) is 1.65. The summed E-state index contributed by atoms with van der Waals surface area (Å²) in [5.41, 5.74) is 1.83. The first-order chi connectivity index (χ1) is 12.5. The molecule has 1 atom stereocenters. The molecule has 0 radical (unpaired) electrons. The Hall–Kier alpha value is -2.50. The number of hydrogen-bond acceptors (Lipinski definition) is 4. The highest BCUT2D eigenvalue weighted by Gasteiger charge is 2.37. The van der Waals surface area contributed by atoms with Gasteiger partial charge in [0.2, 0.25) is 0 Å². The largest absolute Gasteiger partial charge is 0.494 e. The number of benzene rings is 1. The molecule has 2 amide bonds. The van der Waals surface area contributed by atoms with Gasteiger partial charge >= 0.3 is 12.0 Å². The minimum atomic E-state index is -0.588. The van der Waals surface area contributed by atoms with Crippen LogP contribution in [0.2, 0.25) is 0 Å². The summed E-state index contributed by atoms with van der Waals surface area (Å²) in [5.74, 6) is 0.293. The Morgan fingerprint density at radius 2 is 1.96 bits per heavy atom. The van der Waals surface area contributed by atoms with Gasteiger partial charge in [0.25, 0.3) is 0 Å². The Kier molecular flexibility index (Phi) is 5.49. The molecule has 1 saturated carbocycles. The van der Waals surface area contributed by atoms with Crippen LogP contribution in [0.15, 0.2) is 35.5 Å². The van der Waals surface area contributed by atoms with E-state index < -0.39 is 6.04 Å². The van der Waals surface area contributed by atoms with Gasteiger partial charge in [-0.05, 0) is 45.6 Å². The van der Waals surface area contributed by atoms with Crippen molar-refractivity contribution in [3.63, 3.8) is 0 Å². The highest BCUT2D eigenvalue weighted by Crippen LogP contribution is 2.36. The van der Waals surface area contributed by atoms with E-state index in [1.807, 2.05) is 31.2 Å². The molecule has 1 aliphatic heterocycles. The van der Waals surface area contributed by atoms with Gasteiger partial charge in [-0.25, -0.2) is 9.59 Å². The lowest BCUT2D eigenvalue weighted by atomic mass is 9.94. The SMILES string of the molecule is CCOc1ccccc1[C@H]1NC(=O)N(C)C(C)=C1C(=O)OC1CCCC1. The van der Waals surface area contributed by atoms with Crippen molar-refractivity contribution >= 4 is 12.0 Å². The van der Waals surface area contributed by atoms with Crippen molar-refractivity contribution in [2.75, 3.05) is 13.7 Å². The van der Waals surface area contributed by atoms with Crippen LogP contribution < -0.4 is 10.1 Å². The molecule has 0 saturated heterocycles. The third-order valence-corrected chi connectivity index (χ3v) is 5.08. The molecule has 140 valence electrons. The van der Waals surface area contributed by atoms with Crippen LogP contribution in [0.1, 0.15) is 51.1 Å². The maximum Gasteiger partial charge on any atom is 0.338 e. The number of nitrogens with one attached hydrogen (secondary N) is 1. The summed E-state index contributed by atoms with van der Waals surface area (Å²) < 4.78 is 11.5. The Bertz CT molecular complexity index is 722.